The number of anilines is 1. The second-order valence-corrected chi connectivity index (χ2v) is 8.68. The van der Waals surface area contributed by atoms with Crippen molar-refractivity contribution in [1.29, 1.82) is 0 Å². The first-order valence-corrected chi connectivity index (χ1v) is 12.1. The van der Waals surface area contributed by atoms with E-state index in [4.69, 9.17) is 14.2 Å². The number of hydrazone groups is 1. The number of nitrogens with zero attached hydrogens (tertiary/aromatic N) is 2. The molecule has 0 aliphatic carbocycles. The number of benzene rings is 2. The van der Waals surface area contributed by atoms with Crippen molar-refractivity contribution in [2.24, 2.45) is 5.10 Å². The van der Waals surface area contributed by atoms with Crippen molar-refractivity contribution < 1.29 is 28.6 Å². The Morgan fingerprint density at radius 3 is 2.46 bits per heavy atom. The van der Waals surface area contributed by atoms with E-state index in [0.29, 0.717) is 38.7 Å². The number of ether oxygens (including phenoxy) is 3. The molecule has 0 unspecified atom stereocenters. The van der Waals surface area contributed by atoms with Crippen molar-refractivity contribution in [3.63, 3.8) is 0 Å². The second kappa shape index (κ2) is 12.9. The SMILES string of the molecule is CCOc1cc(/C=N\NC(=O)C(=O)Nc2ccc(OC)cc2)cc(I)c1OCC(=O)N1CCCC1. The summed E-state index contributed by atoms with van der Waals surface area (Å²) in [4.78, 5) is 38.3. The zero-order valence-electron chi connectivity index (χ0n) is 19.5. The summed E-state index contributed by atoms with van der Waals surface area (Å²) in [6.45, 7) is 3.69. The van der Waals surface area contributed by atoms with Crippen LogP contribution in [0.2, 0.25) is 0 Å². The van der Waals surface area contributed by atoms with E-state index in [0.717, 1.165) is 25.9 Å². The van der Waals surface area contributed by atoms with Gasteiger partial charge in [0.15, 0.2) is 18.1 Å². The molecular formula is C24H27IN4O6. The minimum atomic E-state index is -0.919. The molecule has 3 rings (SSSR count). The number of methoxy groups -OCH3 is 1. The van der Waals surface area contributed by atoms with Crippen molar-refractivity contribution in [2.75, 3.05) is 38.7 Å². The van der Waals surface area contributed by atoms with E-state index < -0.39 is 11.8 Å². The smallest absolute Gasteiger partial charge is 0.329 e. The lowest BCUT2D eigenvalue weighted by atomic mass is 10.2. The van der Waals surface area contributed by atoms with Gasteiger partial charge in [0, 0.05) is 18.8 Å². The zero-order chi connectivity index (χ0) is 25.2. The minimum absolute atomic E-state index is 0.0537. The fraction of sp³-hybridized carbons (Fsp3) is 0.333. The number of rotatable bonds is 9. The van der Waals surface area contributed by atoms with Crippen molar-refractivity contribution in [3.05, 3.63) is 45.5 Å². The van der Waals surface area contributed by atoms with E-state index in [1.165, 1.54) is 13.3 Å². The van der Waals surface area contributed by atoms with Crippen LogP contribution in [-0.4, -0.2) is 62.2 Å². The number of amides is 3. The van der Waals surface area contributed by atoms with Crippen LogP contribution in [0.1, 0.15) is 25.3 Å². The van der Waals surface area contributed by atoms with E-state index in [9.17, 15) is 14.4 Å². The van der Waals surface area contributed by atoms with Gasteiger partial charge in [-0.25, -0.2) is 5.43 Å². The molecule has 35 heavy (non-hydrogen) atoms. The van der Waals surface area contributed by atoms with E-state index in [1.807, 2.05) is 6.92 Å². The Hall–Kier alpha value is -3.35. The molecular weight excluding hydrogens is 567 g/mol. The molecule has 3 amide bonds. The topological polar surface area (TPSA) is 119 Å². The Morgan fingerprint density at radius 2 is 1.80 bits per heavy atom. The standard InChI is InChI=1S/C24H27IN4O6/c1-3-34-20-13-16(12-19(25)22(20)35-15-21(30)29-10-4-5-11-29)14-26-28-24(32)23(31)27-17-6-8-18(33-2)9-7-17/h6-9,12-14H,3-5,10-11,15H2,1-2H3,(H,27,31)(H,28,32)/b26-14-. The van der Waals surface area contributed by atoms with E-state index in [1.54, 1.807) is 41.3 Å². The van der Waals surface area contributed by atoms with Crippen LogP contribution in [0.25, 0.3) is 0 Å². The van der Waals surface area contributed by atoms with Crippen LogP contribution in [0.4, 0.5) is 5.69 Å². The summed E-state index contributed by atoms with van der Waals surface area (Å²) in [6, 6.07) is 10.0. The third-order valence-electron chi connectivity index (χ3n) is 5.06. The van der Waals surface area contributed by atoms with Crippen molar-refractivity contribution >= 4 is 52.2 Å². The average Bonchev–Trinajstić information content (AvgIpc) is 3.39. The summed E-state index contributed by atoms with van der Waals surface area (Å²) >= 11 is 2.09. The maximum atomic E-state index is 12.3. The van der Waals surface area contributed by atoms with E-state index in [-0.39, 0.29) is 12.5 Å². The maximum absolute atomic E-state index is 12.3. The summed E-state index contributed by atoms with van der Waals surface area (Å²) in [6.07, 6.45) is 3.42. The van der Waals surface area contributed by atoms with Gasteiger partial charge in [-0.1, -0.05) is 0 Å². The largest absolute Gasteiger partial charge is 0.497 e. The van der Waals surface area contributed by atoms with Crippen LogP contribution in [-0.2, 0) is 14.4 Å². The highest BCUT2D eigenvalue weighted by atomic mass is 127. The molecule has 11 heteroatoms. The molecule has 1 aliphatic rings. The first-order valence-electron chi connectivity index (χ1n) is 11.1. The number of halogens is 1. The highest BCUT2D eigenvalue weighted by Crippen LogP contribution is 2.34. The van der Waals surface area contributed by atoms with Crippen LogP contribution in [0.5, 0.6) is 17.2 Å². The Kier molecular flexibility index (Phi) is 9.70. The van der Waals surface area contributed by atoms with E-state index in [2.05, 4.69) is 38.4 Å². The molecule has 1 fully saturated rings. The molecule has 2 aromatic rings. The molecule has 0 saturated carbocycles. The van der Waals surface area contributed by atoms with Gasteiger partial charge in [-0.2, -0.15) is 5.10 Å². The van der Waals surface area contributed by atoms with E-state index >= 15 is 0 Å². The van der Waals surface area contributed by atoms with Gasteiger partial charge >= 0.3 is 11.8 Å². The molecule has 0 aromatic heterocycles. The Bertz CT molecular complexity index is 1080. The first kappa shape index (κ1) is 26.3. The number of carbonyl (C=O) groups excluding carboxylic acids is 3. The number of hydrogen-bond acceptors (Lipinski definition) is 7. The quantitative estimate of drug-likeness (QED) is 0.200. The van der Waals surface area contributed by atoms with Gasteiger partial charge in [0.2, 0.25) is 0 Å². The molecule has 1 aliphatic heterocycles. The summed E-state index contributed by atoms with van der Waals surface area (Å²) in [7, 11) is 1.54. The summed E-state index contributed by atoms with van der Waals surface area (Å²) in [5.74, 6) is -0.270. The lowest BCUT2D eigenvalue weighted by Crippen LogP contribution is -2.32. The molecule has 0 spiro atoms. The van der Waals surface area contributed by atoms with Gasteiger partial charge < -0.3 is 24.4 Å². The van der Waals surface area contributed by atoms with Crippen LogP contribution < -0.4 is 25.0 Å². The molecule has 2 N–H and O–H groups in total. The Labute approximate surface area is 217 Å². The molecule has 1 saturated heterocycles. The van der Waals surface area contributed by atoms with Gasteiger partial charge in [-0.15, -0.1) is 0 Å². The van der Waals surface area contributed by atoms with Gasteiger partial charge in [-0.3, -0.25) is 14.4 Å². The zero-order valence-corrected chi connectivity index (χ0v) is 21.7. The van der Waals surface area contributed by atoms with Gasteiger partial charge in [0.1, 0.15) is 5.75 Å². The molecule has 186 valence electrons. The Balaban J connectivity index is 1.59. The molecule has 10 nitrogen and oxygen atoms in total. The highest BCUT2D eigenvalue weighted by molar-refractivity contribution is 14.1. The number of nitrogens with one attached hydrogen (secondary N) is 2. The molecule has 1 heterocycles. The minimum Gasteiger partial charge on any atom is -0.497 e. The van der Waals surface area contributed by atoms with Crippen LogP contribution >= 0.6 is 22.6 Å². The molecule has 2 aromatic carbocycles. The van der Waals surface area contributed by atoms with Crippen LogP contribution in [0.3, 0.4) is 0 Å². The average molecular weight is 594 g/mol. The summed E-state index contributed by atoms with van der Waals surface area (Å²) < 4.78 is 17.3. The maximum Gasteiger partial charge on any atom is 0.329 e. The Morgan fingerprint density at radius 1 is 1.09 bits per heavy atom. The number of carbonyl (C=O) groups is 3. The predicted molar refractivity (Wildman–Crippen MR) is 139 cm³/mol. The third-order valence-corrected chi connectivity index (χ3v) is 5.87. The third kappa shape index (κ3) is 7.57. The van der Waals surface area contributed by atoms with Gasteiger partial charge in [0.25, 0.3) is 5.91 Å². The highest BCUT2D eigenvalue weighted by Gasteiger charge is 2.20. The number of likely N-dealkylation sites (tertiary alicyclic amines) is 1. The summed E-state index contributed by atoms with van der Waals surface area (Å²) in [5, 5.41) is 6.34. The normalized spacial score (nSPS) is 12.9. The van der Waals surface area contributed by atoms with Gasteiger partial charge in [-0.05, 0) is 84.3 Å². The molecule has 0 bridgehead atoms. The predicted octanol–water partition coefficient (Wildman–Crippen LogP) is 2.79. The monoisotopic (exact) mass is 594 g/mol. The summed E-state index contributed by atoms with van der Waals surface area (Å²) in [5.41, 5.74) is 3.27. The van der Waals surface area contributed by atoms with Crippen molar-refractivity contribution in [3.8, 4) is 17.2 Å². The fourth-order valence-electron chi connectivity index (χ4n) is 3.34. The van der Waals surface area contributed by atoms with Crippen LogP contribution in [0, 0.1) is 3.57 Å². The molecule has 0 atom stereocenters. The molecule has 0 radical (unpaired) electrons. The lowest BCUT2D eigenvalue weighted by molar-refractivity contribution is -0.136. The second-order valence-electron chi connectivity index (χ2n) is 7.52. The van der Waals surface area contributed by atoms with Gasteiger partial charge in [0.05, 0.1) is 23.5 Å². The lowest BCUT2D eigenvalue weighted by Gasteiger charge is -2.18. The van der Waals surface area contributed by atoms with Crippen molar-refractivity contribution in [2.45, 2.75) is 19.8 Å². The fourth-order valence-corrected chi connectivity index (χ4v) is 4.12. The van der Waals surface area contributed by atoms with Crippen molar-refractivity contribution in [1.82, 2.24) is 10.3 Å². The number of hydrogen-bond donors (Lipinski definition) is 2. The first-order chi connectivity index (χ1) is 16.9. The van der Waals surface area contributed by atoms with Crippen LogP contribution in [0.15, 0.2) is 41.5 Å².